The van der Waals surface area contributed by atoms with Crippen molar-refractivity contribution in [2.24, 2.45) is 0 Å². The van der Waals surface area contributed by atoms with Gasteiger partial charge in [0.1, 0.15) is 0 Å². The fourth-order valence-corrected chi connectivity index (χ4v) is 3.76. The summed E-state index contributed by atoms with van der Waals surface area (Å²) in [4.78, 5) is 19.2. The standard InChI is InChI=1S/C19H25N3OS/c1-19(2,3)18-21-15(13-24-18)11-20-16-9-10-22(17(16)23)12-14-7-5-4-6-8-14/h4-8,13,16,20H,9-12H2,1-3H3/t16-/m0/s1. The van der Waals surface area contributed by atoms with Gasteiger partial charge in [-0.3, -0.25) is 4.79 Å². The number of nitrogens with zero attached hydrogens (tertiary/aromatic N) is 2. The lowest BCUT2D eigenvalue weighted by atomic mass is 9.98. The minimum Gasteiger partial charge on any atom is -0.337 e. The number of carbonyl (C=O) groups excluding carboxylic acids is 1. The molecular weight excluding hydrogens is 318 g/mol. The number of likely N-dealkylation sites (tertiary alicyclic amines) is 1. The Morgan fingerprint density at radius 2 is 2.04 bits per heavy atom. The van der Waals surface area contributed by atoms with Crippen LogP contribution in [0.1, 0.15) is 43.5 Å². The number of carbonyl (C=O) groups is 1. The van der Waals surface area contributed by atoms with E-state index in [4.69, 9.17) is 0 Å². The van der Waals surface area contributed by atoms with Gasteiger partial charge in [-0.1, -0.05) is 51.1 Å². The van der Waals surface area contributed by atoms with E-state index in [1.54, 1.807) is 11.3 Å². The SMILES string of the molecule is CC(C)(C)c1nc(CN[C@H]2CCN(Cc3ccccc3)C2=O)cs1. The third kappa shape index (κ3) is 4.02. The van der Waals surface area contributed by atoms with Crippen molar-refractivity contribution in [1.82, 2.24) is 15.2 Å². The molecule has 1 amide bonds. The molecule has 0 aliphatic carbocycles. The Hall–Kier alpha value is -1.72. The lowest BCUT2D eigenvalue weighted by Crippen LogP contribution is -2.37. The van der Waals surface area contributed by atoms with Crippen molar-refractivity contribution in [2.45, 2.75) is 51.7 Å². The van der Waals surface area contributed by atoms with Crippen LogP contribution in [0.25, 0.3) is 0 Å². The number of thiazole rings is 1. The molecule has 1 aliphatic rings. The van der Waals surface area contributed by atoms with Gasteiger partial charge in [0.15, 0.2) is 0 Å². The highest BCUT2D eigenvalue weighted by molar-refractivity contribution is 7.09. The molecule has 0 unspecified atom stereocenters. The first-order chi connectivity index (χ1) is 11.4. The second-order valence-electron chi connectivity index (χ2n) is 7.36. The maximum Gasteiger partial charge on any atom is 0.240 e. The molecule has 1 atom stereocenters. The van der Waals surface area contributed by atoms with Gasteiger partial charge in [-0.25, -0.2) is 4.98 Å². The van der Waals surface area contributed by atoms with Gasteiger partial charge in [0.25, 0.3) is 0 Å². The van der Waals surface area contributed by atoms with Crippen molar-refractivity contribution in [3.63, 3.8) is 0 Å². The Morgan fingerprint density at radius 1 is 1.29 bits per heavy atom. The van der Waals surface area contributed by atoms with Crippen molar-refractivity contribution in [1.29, 1.82) is 0 Å². The van der Waals surface area contributed by atoms with Crippen LogP contribution in [0, 0.1) is 0 Å². The van der Waals surface area contributed by atoms with Gasteiger partial charge in [0.05, 0.1) is 16.7 Å². The van der Waals surface area contributed by atoms with Gasteiger partial charge in [-0.05, 0) is 12.0 Å². The predicted octanol–water partition coefficient (Wildman–Crippen LogP) is 3.33. The first kappa shape index (κ1) is 17.1. The van der Waals surface area contributed by atoms with Crippen molar-refractivity contribution < 1.29 is 4.79 Å². The van der Waals surface area contributed by atoms with Crippen molar-refractivity contribution in [3.8, 4) is 0 Å². The van der Waals surface area contributed by atoms with Crippen LogP contribution in [0.5, 0.6) is 0 Å². The summed E-state index contributed by atoms with van der Waals surface area (Å²) in [5.41, 5.74) is 2.29. The van der Waals surface area contributed by atoms with Crippen LogP contribution in [0.3, 0.4) is 0 Å². The second-order valence-corrected chi connectivity index (χ2v) is 8.22. The molecule has 0 radical (unpaired) electrons. The summed E-state index contributed by atoms with van der Waals surface area (Å²) in [6.07, 6.45) is 0.863. The van der Waals surface area contributed by atoms with Gasteiger partial charge < -0.3 is 10.2 Å². The zero-order chi connectivity index (χ0) is 17.2. The third-order valence-electron chi connectivity index (χ3n) is 4.24. The number of aromatic nitrogens is 1. The first-order valence-electron chi connectivity index (χ1n) is 8.44. The largest absolute Gasteiger partial charge is 0.337 e. The second kappa shape index (κ2) is 7.03. The molecule has 1 N–H and O–H groups in total. The normalized spacial score (nSPS) is 18.4. The highest BCUT2D eigenvalue weighted by Gasteiger charge is 2.31. The van der Waals surface area contributed by atoms with Gasteiger partial charge in [-0.2, -0.15) is 0 Å². The Morgan fingerprint density at radius 3 is 2.71 bits per heavy atom. The molecule has 0 saturated carbocycles. The Bertz CT molecular complexity index is 690. The third-order valence-corrected chi connectivity index (χ3v) is 5.55. The van der Waals surface area contributed by atoms with E-state index in [0.29, 0.717) is 13.1 Å². The highest BCUT2D eigenvalue weighted by Crippen LogP contribution is 2.25. The molecule has 2 aromatic rings. The molecule has 1 aromatic heterocycles. The van der Waals surface area contributed by atoms with E-state index >= 15 is 0 Å². The van der Waals surface area contributed by atoms with Crippen molar-refractivity contribution in [2.75, 3.05) is 6.54 Å². The number of rotatable bonds is 5. The number of hydrogen-bond acceptors (Lipinski definition) is 4. The van der Waals surface area contributed by atoms with Crippen LogP contribution in [0.2, 0.25) is 0 Å². The minimum atomic E-state index is -0.0894. The fourth-order valence-electron chi connectivity index (χ4n) is 2.85. The lowest BCUT2D eigenvalue weighted by molar-refractivity contribution is -0.129. The van der Waals surface area contributed by atoms with E-state index in [1.807, 2.05) is 23.1 Å². The van der Waals surface area contributed by atoms with E-state index in [2.05, 4.69) is 48.6 Å². The first-order valence-corrected chi connectivity index (χ1v) is 9.32. The zero-order valence-corrected chi connectivity index (χ0v) is 15.4. The summed E-state index contributed by atoms with van der Waals surface area (Å²) in [5.74, 6) is 0.199. The molecule has 3 rings (SSSR count). The molecule has 2 heterocycles. The molecule has 4 nitrogen and oxygen atoms in total. The van der Waals surface area contributed by atoms with Gasteiger partial charge in [0.2, 0.25) is 5.91 Å². The topological polar surface area (TPSA) is 45.2 Å². The fraction of sp³-hybridized carbons (Fsp3) is 0.474. The van der Waals surface area contributed by atoms with E-state index in [-0.39, 0.29) is 17.4 Å². The maximum absolute atomic E-state index is 12.5. The molecule has 1 aromatic carbocycles. The van der Waals surface area contributed by atoms with E-state index in [0.717, 1.165) is 23.7 Å². The molecule has 0 spiro atoms. The van der Waals surface area contributed by atoms with Crippen LogP contribution < -0.4 is 5.32 Å². The lowest BCUT2D eigenvalue weighted by Gasteiger charge is -2.17. The quantitative estimate of drug-likeness (QED) is 0.906. The van der Waals surface area contributed by atoms with Crippen molar-refractivity contribution >= 4 is 17.2 Å². The van der Waals surface area contributed by atoms with E-state index < -0.39 is 0 Å². The van der Waals surface area contributed by atoms with E-state index in [1.165, 1.54) is 5.56 Å². The summed E-state index contributed by atoms with van der Waals surface area (Å²) >= 11 is 1.70. The van der Waals surface area contributed by atoms with Gasteiger partial charge in [0, 0.05) is 30.4 Å². The summed E-state index contributed by atoms with van der Waals surface area (Å²) in [7, 11) is 0. The van der Waals surface area contributed by atoms with Gasteiger partial charge in [-0.15, -0.1) is 11.3 Å². The van der Waals surface area contributed by atoms with Crippen LogP contribution in [0.4, 0.5) is 0 Å². The predicted molar refractivity (Wildman–Crippen MR) is 97.9 cm³/mol. The van der Waals surface area contributed by atoms with E-state index in [9.17, 15) is 4.79 Å². The molecular formula is C19H25N3OS. The number of benzene rings is 1. The number of nitrogens with one attached hydrogen (secondary N) is 1. The molecule has 1 fully saturated rings. The summed E-state index contributed by atoms with van der Waals surface area (Å²) < 4.78 is 0. The smallest absolute Gasteiger partial charge is 0.240 e. The van der Waals surface area contributed by atoms with Crippen LogP contribution in [0.15, 0.2) is 35.7 Å². The maximum atomic E-state index is 12.5. The minimum absolute atomic E-state index is 0.0819. The molecule has 128 valence electrons. The zero-order valence-electron chi connectivity index (χ0n) is 14.6. The summed E-state index contributed by atoms with van der Waals surface area (Å²) in [5, 5.41) is 6.61. The summed E-state index contributed by atoms with van der Waals surface area (Å²) in [6.45, 7) is 8.68. The van der Waals surface area contributed by atoms with Crippen LogP contribution in [-0.2, 0) is 23.3 Å². The van der Waals surface area contributed by atoms with Crippen molar-refractivity contribution in [3.05, 3.63) is 52.0 Å². The monoisotopic (exact) mass is 343 g/mol. The molecule has 24 heavy (non-hydrogen) atoms. The Labute approximate surface area is 147 Å². The van der Waals surface area contributed by atoms with Crippen LogP contribution in [-0.4, -0.2) is 28.4 Å². The Balaban J connectivity index is 1.53. The molecule has 1 saturated heterocycles. The molecule has 0 bridgehead atoms. The molecule has 5 heteroatoms. The average Bonchev–Trinajstić information content (AvgIpc) is 3.15. The van der Waals surface area contributed by atoms with Gasteiger partial charge >= 0.3 is 0 Å². The molecule has 1 aliphatic heterocycles. The number of hydrogen-bond donors (Lipinski definition) is 1. The summed E-state index contributed by atoms with van der Waals surface area (Å²) in [6, 6.07) is 10.1. The highest BCUT2D eigenvalue weighted by atomic mass is 32.1. The average molecular weight is 343 g/mol. The van der Waals surface area contributed by atoms with Crippen LogP contribution >= 0.6 is 11.3 Å². The Kier molecular flexibility index (Phi) is 5.01. The number of amides is 1.